The molecule has 1 aliphatic heterocycles. The predicted octanol–water partition coefficient (Wildman–Crippen LogP) is 3.37. The first kappa shape index (κ1) is 15.7. The molecule has 2 nitrogen and oxygen atoms in total. The Hall–Kier alpha value is 0.270. The van der Waals surface area contributed by atoms with Crippen LogP contribution in [0.2, 0.25) is 0 Å². The molecule has 0 amide bonds. The van der Waals surface area contributed by atoms with Gasteiger partial charge in [-0.25, -0.2) is 0 Å². The first-order chi connectivity index (χ1) is 9.08. The normalized spacial score (nSPS) is 29.2. The Morgan fingerprint density at radius 2 is 1.95 bits per heavy atom. The third kappa shape index (κ3) is 3.68. The molecule has 0 aromatic rings. The molecule has 1 spiro atoms. The van der Waals surface area contributed by atoms with Crippen molar-refractivity contribution in [1.29, 1.82) is 0 Å². The van der Waals surface area contributed by atoms with Gasteiger partial charge in [-0.05, 0) is 44.1 Å². The summed E-state index contributed by atoms with van der Waals surface area (Å²) in [4.78, 5) is 2.84. The third-order valence-corrected chi connectivity index (χ3v) is 5.88. The number of piperazine rings is 1. The van der Waals surface area contributed by atoms with E-state index in [2.05, 4.69) is 37.2 Å². The molecule has 1 saturated carbocycles. The molecule has 3 heteroatoms. The molecular formula is C16H32N2S. The lowest BCUT2D eigenvalue weighted by Crippen LogP contribution is -2.66. The molecule has 19 heavy (non-hydrogen) atoms. The average Bonchev–Trinajstić information content (AvgIpc) is 2.83. The van der Waals surface area contributed by atoms with E-state index in [0.29, 0.717) is 5.54 Å². The van der Waals surface area contributed by atoms with E-state index in [1.807, 2.05) is 11.8 Å². The topological polar surface area (TPSA) is 15.3 Å². The van der Waals surface area contributed by atoms with Crippen molar-refractivity contribution in [3.63, 3.8) is 0 Å². The summed E-state index contributed by atoms with van der Waals surface area (Å²) in [5.41, 5.74) is 0.457. The van der Waals surface area contributed by atoms with Gasteiger partial charge in [0.05, 0.1) is 0 Å². The second-order valence-corrected chi connectivity index (χ2v) is 7.97. The highest BCUT2D eigenvalue weighted by molar-refractivity contribution is 7.98. The minimum absolute atomic E-state index is 0.457. The Bertz CT molecular complexity index is 274. The van der Waals surface area contributed by atoms with Crippen molar-refractivity contribution in [1.82, 2.24) is 10.2 Å². The van der Waals surface area contributed by atoms with E-state index in [4.69, 9.17) is 0 Å². The van der Waals surface area contributed by atoms with Crippen LogP contribution in [0.3, 0.4) is 0 Å². The van der Waals surface area contributed by atoms with Gasteiger partial charge in [0, 0.05) is 30.7 Å². The summed E-state index contributed by atoms with van der Waals surface area (Å²) >= 11 is 1.99. The molecule has 1 N–H and O–H groups in total. The highest BCUT2D eigenvalue weighted by atomic mass is 32.2. The smallest absolute Gasteiger partial charge is 0.0309 e. The van der Waals surface area contributed by atoms with Crippen LogP contribution in [0.4, 0.5) is 0 Å². The average molecular weight is 285 g/mol. The summed E-state index contributed by atoms with van der Waals surface area (Å²) in [6.07, 6.45) is 9.19. The summed E-state index contributed by atoms with van der Waals surface area (Å²) < 4.78 is 0. The lowest BCUT2D eigenvalue weighted by atomic mass is 9.87. The number of rotatable bonds is 5. The molecule has 112 valence electrons. The second kappa shape index (κ2) is 6.82. The van der Waals surface area contributed by atoms with Crippen LogP contribution in [-0.2, 0) is 0 Å². The number of thioether (sulfide) groups is 1. The Kier molecular flexibility index (Phi) is 5.62. The quantitative estimate of drug-likeness (QED) is 0.833. The van der Waals surface area contributed by atoms with Gasteiger partial charge >= 0.3 is 0 Å². The highest BCUT2D eigenvalue weighted by Gasteiger charge is 2.42. The maximum atomic E-state index is 3.92. The Balaban J connectivity index is 2.03. The first-order valence-electron chi connectivity index (χ1n) is 8.08. The molecule has 2 atom stereocenters. The molecule has 1 saturated heterocycles. The van der Waals surface area contributed by atoms with Gasteiger partial charge in [-0.2, -0.15) is 11.8 Å². The number of hydrogen-bond acceptors (Lipinski definition) is 3. The number of nitrogens with zero attached hydrogens (tertiary/aromatic N) is 1. The van der Waals surface area contributed by atoms with E-state index in [1.54, 1.807) is 0 Å². The monoisotopic (exact) mass is 284 g/mol. The van der Waals surface area contributed by atoms with E-state index in [9.17, 15) is 0 Å². The van der Waals surface area contributed by atoms with Crippen LogP contribution in [0, 0.1) is 5.92 Å². The fourth-order valence-corrected chi connectivity index (χ4v) is 4.48. The fraction of sp³-hybridized carbons (Fsp3) is 1.00. The van der Waals surface area contributed by atoms with Gasteiger partial charge in [-0.1, -0.05) is 26.7 Å². The van der Waals surface area contributed by atoms with Gasteiger partial charge in [0.1, 0.15) is 0 Å². The van der Waals surface area contributed by atoms with E-state index in [-0.39, 0.29) is 0 Å². The summed E-state index contributed by atoms with van der Waals surface area (Å²) in [7, 11) is 0. The summed E-state index contributed by atoms with van der Waals surface area (Å²) in [5.74, 6) is 2.05. The van der Waals surface area contributed by atoms with Gasteiger partial charge < -0.3 is 5.32 Å². The third-order valence-electron chi connectivity index (χ3n) is 5.23. The summed E-state index contributed by atoms with van der Waals surface area (Å²) in [6.45, 7) is 9.69. The highest BCUT2D eigenvalue weighted by Crippen LogP contribution is 2.35. The summed E-state index contributed by atoms with van der Waals surface area (Å²) in [6, 6.07) is 1.46. The van der Waals surface area contributed by atoms with E-state index in [0.717, 1.165) is 18.0 Å². The fourth-order valence-electron chi connectivity index (χ4n) is 3.90. The molecule has 2 rings (SSSR count). The lowest BCUT2D eigenvalue weighted by molar-refractivity contribution is 0.0266. The Morgan fingerprint density at radius 1 is 1.26 bits per heavy atom. The Labute approximate surface area is 124 Å². The maximum Gasteiger partial charge on any atom is 0.0309 e. The number of nitrogens with one attached hydrogen (secondary N) is 1. The van der Waals surface area contributed by atoms with Crippen molar-refractivity contribution in [2.45, 2.75) is 70.5 Å². The molecule has 0 aromatic heterocycles. The van der Waals surface area contributed by atoms with Gasteiger partial charge in [0.15, 0.2) is 0 Å². The van der Waals surface area contributed by atoms with Crippen LogP contribution in [0.25, 0.3) is 0 Å². The van der Waals surface area contributed by atoms with E-state index >= 15 is 0 Å². The predicted molar refractivity (Wildman–Crippen MR) is 87.0 cm³/mol. The van der Waals surface area contributed by atoms with Crippen molar-refractivity contribution in [3.05, 3.63) is 0 Å². The molecule has 0 radical (unpaired) electrons. The molecule has 1 heterocycles. The van der Waals surface area contributed by atoms with Crippen LogP contribution >= 0.6 is 11.8 Å². The molecule has 2 fully saturated rings. The van der Waals surface area contributed by atoms with Crippen molar-refractivity contribution in [2.24, 2.45) is 5.92 Å². The number of hydrogen-bond donors (Lipinski definition) is 1. The molecular weight excluding hydrogens is 252 g/mol. The SMILES string of the molecule is CSCCC(C)N1CC2(CCCC2)NCC1C(C)C. The second-order valence-electron chi connectivity index (χ2n) is 6.98. The molecule has 0 bridgehead atoms. The standard InChI is InChI=1S/C16H32N2S/c1-13(2)15-11-17-16(8-5-6-9-16)12-18(15)14(3)7-10-19-4/h13-15,17H,5-12H2,1-4H3. The molecule has 1 aliphatic carbocycles. The van der Waals surface area contributed by atoms with Gasteiger partial charge in [-0.15, -0.1) is 0 Å². The zero-order valence-corrected chi connectivity index (χ0v) is 14.1. The minimum atomic E-state index is 0.457. The minimum Gasteiger partial charge on any atom is -0.308 e. The molecule has 2 unspecified atom stereocenters. The molecule has 2 aliphatic rings. The first-order valence-corrected chi connectivity index (χ1v) is 9.47. The van der Waals surface area contributed by atoms with Crippen molar-refractivity contribution in [3.8, 4) is 0 Å². The van der Waals surface area contributed by atoms with Crippen LogP contribution in [0.1, 0.15) is 52.9 Å². The van der Waals surface area contributed by atoms with Gasteiger partial charge in [0.25, 0.3) is 0 Å². The van der Waals surface area contributed by atoms with E-state index < -0.39 is 0 Å². The zero-order valence-electron chi connectivity index (χ0n) is 13.2. The summed E-state index contributed by atoms with van der Waals surface area (Å²) in [5, 5.41) is 3.92. The zero-order chi connectivity index (χ0) is 13.9. The Morgan fingerprint density at radius 3 is 2.53 bits per heavy atom. The van der Waals surface area contributed by atoms with Crippen molar-refractivity contribution in [2.75, 3.05) is 25.1 Å². The lowest BCUT2D eigenvalue weighted by Gasteiger charge is -2.50. The van der Waals surface area contributed by atoms with Gasteiger partial charge in [-0.3, -0.25) is 4.90 Å². The largest absolute Gasteiger partial charge is 0.308 e. The maximum absolute atomic E-state index is 3.92. The van der Waals surface area contributed by atoms with Crippen LogP contribution in [0.15, 0.2) is 0 Å². The van der Waals surface area contributed by atoms with E-state index in [1.165, 1.54) is 50.9 Å². The van der Waals surface area contributed by atoms with Crippen LogP contribution < -0.4 is 5.32 Å². The van der Waals surface area contributed by atoms with Crippen molar-refractivity contribution < 1.29 is 0 Å². The van der Waals surface area contributed by atoms with Crippen LogP contribution in [0.5, 0.6) is 0 Å². The van der Waals surface area contributed by atoms with Crippen LogP contribution in [-0.4, -0.2) is 47.6 Å². The molecule has 0 aromatic carbocycles. The van der Waals surface area contributed by atoms with Crippen molar-refractivity contribution >= 4 is 11.8 Å². The van der Waals surface area contributed by atoms with Gasteiger partial charge in [0.2, 0.25) is 0 Å².